The fraction of sp³-hybridized carbons (Fsp3) is 0.625. The number of likely N-dealkylation sites (tertiary alicyclic amines) is 1. The summed E-state index contributed by atoms with van der Waals surface area (Å²) in [6, 6.07) is 3.77. The molecule has 1 unspecified atom stereocenters. The van der Waals surface area contributed by atoms with Gasteiger partial charge < -0.3 is 10.5 Å². The monoisotopic (exact) mass is 298 g/mol. The Balaban J connectivity index is 1.86. The summed E-state index contributed by atoms with van der Waals surface area (Å²) in [7, 11) is 0. The van der Waals surface area contributed by atoms with Gasteiger partial charge in [-0.3, -0.25) is 4.90 Å². The third-order valence-electron chi connectivity index (χ3n) is 4.14. The van der Waals surface area contributed by atoms with Gasteiger partial charge in [-0.05, 0) is 38.8 Å². The van der Waals surface area contributed by atoms with Crippen molar-refractivity contribution < 1.29 is 13.5 Å². The molecule has 1 aliphatic rings. The topological polar surface area (TPSA) is 38.5 Å². The highest BCUT2D eigenvalue weighted by Gasteiger charge is 2.25. The smallest absolute Gasteiger partial charge is 0.130 e. The Morgan fingerprint density at radius 3 is 2.67 bits per heavy atom. The lowest BCUT2D eigenvalue weighted by atomic mass is 10.0. The molecule has 0 bridgehead atoms. The van der Waals surface area contributed by atoms with Gasteiger partial charge in [-0.1, -0.05) is 6.07 Å². The normalized spacial score (nSPS) is 18.9. The van der Waals surface area contributed by atoms with Crippen molar-refractivity contribution in [3.63, 3.8) is 0 Å². The highest BCUT2D eigenvalue weighted by molar-refractivity contribution is 5.21. The molecule has 1 aromatic carbocycles. The maximum Gasteiger partial charge on any atom is 0.130 e. The van der Waals surface area contributed by atoms with E-state index in [0.717, 1.165) is 38.4 Å². The fourth-order valence-corrected chi connectivity index (χ4v) is 2.80. The second kappa shape index (κ2) is 7.82. The van der Waals surface area contributed by atoms with Crippen LogP contribution < -0.4 is 5.73 Å². The summed E-state index contributed by atoms with van der Waals surface area (Å²) >= 11 is 0. The number of nitrogens with zero attached hydrogens (tertiary/aromatic N) is 1. The van der Waals surface area contributed by atoms with Gasteiger partial charge in [0, 0.05) is 37.4 Å². The second-order valence-electron chi connectivity index (χ2n) is 5.59. The van der Waals surface area contributed by atoms with E-state index >= 15 is 0 Å². The number of hydrogen-bond acceptors (Lipinski definition) is 3. The van der Waals surface area contributed by atoms with Crippen LogP contribution in [0.2, 0.25) is 0 Å². The van der Waals surface area contributed by atoms with Crippen LogP contribution in [0, 0.1) is 11.6 Å². The summed E-state index contributed by atoms with van der Waals surface area (Å²) in [5, 5.41) is 0. The zero-order valence-corrected chi connectivity index (χ0v) is 12.5. The van der Waals surface area contributed by atoms with E-state index in [1.165, 1.54) is 6.07 Å². The van der Waals surface area contributed by atoms with Crippen LogP contribution in [0.25, 0.3) is 0 Å². The van der Waals surface area contributed by atoms with E-state index in [4.69, 9.17) is 10.5 Å². The predicted molar refractivity (Wildman–Crippen MR) is 79.0 cm³/mol. The molecule has 21 heavy (non-hydrogen) atoms. The molecule has 1 saturated heterocycles. The lowest BCUT2D eigenvalue weighted by Crippen LogP contribution is -2.39. The number of piperidine rings is 1. The Kier molecular flexibility index (Phi) is 6.08. The average molecular weight is 298 g/mol. The Hall–Kier alpha value is -1.04. The maximum atomic E-state index is 13.8. The van der Waals surface area contributed by atoms with Gasteiger partial charge in [-0.2, -0.15) is 0 Å². The first kappa shape index (κ1) is 16.3. The highest BCUT2D eigenvalue weighted by atomic mass is 19.1. The summed E-state index contributed by atoms with van der Waals surface area (Å²) in [5.41, 5.74) is 6.00. The van der Waals surface area contributed by atoms with Crippen LogP contribution in [0.15, 0.2) is 18.2 Å². The molecule has 0 amide bonds. The largest absolute Gasteiger partial charge is 0.378 e. The van der Waals surface area contributed by atoms with Crippen LogP contribution in [-0.4, -0.2) is 37.2 Å². The van der Waals surface area contributed by atoms with Crippen molar-refractivity contribution in [2.45, 2.75) is 38.3 Å². The predicted octanol–water partition coefficient (Wildman–Crippen LogP) is 2.86. The average Bonchev–Trinajstić information content (AvgIpc) is 2.48. The van der Waals surface area contributed by atoms with E-state index in [1.54, 1.807) is 6.07 Å². The first-order chi connectivity index (χ1) is 10.1. The van der Waals surface area contributed by atoms with Crippen molar-refractivity contribution >= 4 is 0 Å². The third-order valence-corrected chi connectivity index (χ3v) is 4.14. The van der Waals surface area contributed by atoms with Crippen LogP contribution >= 0.6 is 0 Å². The molecule has 118 valence electrons. The first-order valence-corrected chi connectivity index (χ1v) is 7.62. The van der Waals surface area contributed by atoms with Crippen LogP contribution in [-0.2, 0) is 4.74 Å². The standard InChI is InChI=1S/C16H24F2N2O/c1-12(15-4-3-13(17)11-16(15)18)20-8-5-14(6-9-20)21-10-2-7-19/h3-4,11-12,14H,2,5-10,19H2,1H3. The Morgan fingerprint density at radius 1 is 1.33 bits per heavy atom. The molecule has 0 aliphatic carbocycles. The molecule has 2 N–H and O–H groups in total. The number of rotatable bonds is 6. The number of halogens is 2. The van der Waals surface area contributed by atoms with Gasteiger partial charge in [-0.25, -0.2) is 8.78 Å². The van der Waals surface area contributed by atoms with Crippen molar-refractivity contribution in [1.29, 1.82) is 0 Å². The van der Waals surface area contributed by atoms with Gasteiger partial charge in [0.15, 0.2) is 0 Å². The third kappa shape index (κ3) is 4.46. The van der Waals surface area contributed by atoms with Gasteiger partial charge in [0.05, 0.1) is 6.10 Å². The van der Waals surface area contributed by atoms with E-state index in [-0.39, 0.29) is 12.1 Å². The molecule has 3 nitrogen and oxygen atoms in total. The molecule has 1 aliphatic heterocycles. The molecule has 1 aromatic rings. The Labute approximate surface area is 125 Å². The molecular formula is C16H24F2N2O. The van der Waals surface area contributed by atoms with Crippen molar-refractivity contribution in [2.75, 3.05) is 26.2 Å². The molecule has 2 rings (SSSR count). The minimum atomic E-state index is -0.532. The van der Waals surface area contributed by atoms with Crippen LogP contribution in [0.1, 0.15) is 37.8 Å². The molecular weight excluding hydrogens is 274 g/mol. The molecule has 0 spiro atoms. The van der Waals surface area contributed by atoms with E-state index in [0.29, 0.717) is 18.7 Å². The van der Waals surface area contributed by atoms with Crippen molar-refractivity contribution in [3.05, 3.63) is 35.4 Å². The van der Waals surface area contributed by atoms with Crippen LogP contribution in [0.5, 0.6) is 0 Å². The summed E-state index contributed by atoms with van der Waals surface area (Å²) in [5.74, 6) is -1.00. The maximum absolute atomic E-state index is 13.8. The number of hydrogen-bond donors (Lipinski definition) is 1. The van der Waals surface area contributed by atoms with E-state index < -0.39 is 11.6 Å². The van der Waals surface area contributed by atoms with Gasteiger partial charge in [0.25, 0.3) is 0 Å². The number of nitrogens with two attached hydrogens (primary N) is 1. The molecule has 1 atom stereocenters. The summed E-state index contributed by atoms with van der Waals surface area (Å²) < 4.78 is 32.6. The Bertz CT molecular complexity index is 448. The Morgan fingerprint density at radius 2 is 2.05 bits per heavy atom. The van der Waals surface area contributed by atoms with Crippen molar-refractivity contribution in [2.24, 2.45) is 5.73 Å². The molecule has 0 radical (unpaired) electrons. The lowest BCUT2D eigenvalue weighted by molar-refractivity contribution is -0.00104. The highest BCUT2D eigenvalue weighted by Crippen LogP contribution is 2.27. The molecule has 1 heterocycles. The van der Waals surface area contributed by atoms with Crippen molar-refractivity contribution in [3.8, 4) is 0 Å². The fourth-order valence-electron chi connectivity index (χ4n) is 2.80. The van der Waals surface area contributed by atoms with E-state index in [1.807, 2.05) is 6.92 Å². The molecule has 5 heteroatoms. The summed E-state index contributed by atoms with van der Waals surface area (Å²) in [6.07, 6.45) is 3.05. The zero-order valence-electron chi connectivity index (χ0n) is 12.5. The second-order valence-corrected chi connectivity index (χ2v) is 5.59. The van der Waals surface area contributed by atoms with Gasteiger partial charge in [0.1, 0.15) is 11.6 Å². The molecule has 1 fully saturated rings. The van der Waals surface area contributed by atoms with E-state index in [2.05, 4.69) is 4.90 Å². The van der Waals surface area contributed by atoms with Crippen LogP contribution in [0.3, 0.4) is 0 Å². The van der Waals surface area contributed by atoms with Gasteiger partial charge in [-0.15, -0.1) is 0 Å². The summed E-state index contributed by atoms with van der Waals surface area (Å²) in [6.45, 7) is 5.06. The molecule has 0 saturated carbocycles. The number of benzene rings is 1. The van der Waals surface area contributed by atoms with E-state index in [9.17, 15) is 8.78 Å². The van der Waals surface area contributed by atoms with Gasteiger partial charge >= 0.3 is 0 Å². The quantitative estimate of drug-likeness (QED) is 0.821. The van der Waals surface area contributed by atoms with Crippen molar-refractivity contribution in [1.82, 2.24) is 4.90 Å². The minimum Gasteiger partial charge on any atom is -0.378 e. The van der Waals surface area contributed by atoms with Crippen LogP contribution in [0.4, 0.5) is 8.78 Å². The first-order valence-electron chi connectivity index (χ1n) is 7.62. The summed E-state index contributed by atoms with van der Waals surface area (Å²) in [4.78, 5) is 2.22. The number of ether oxygens (including phenoxy) is 1. The molecule has 0 aromatic heterocycles. The van der Waals surface area contributed by atoms with Gasteiger partial charge in [0.2, 0.25) is 0 Å². The SMILES string of the molecule is CC(c1ccc(F)cc1F)N1CCC(OCCCN)CC1. The zero-order chi connectivity index (χ0) is 15.2. The minimum absolute atomic E-state index is 0.0457. The lowest BCUT2D eigenvalue weighted by Gasteiger charge is -2.36.